The number of aryl methyl sites for hydroxylation is 1. The number of benzene rings is 1. The fourth-order valence-electron chi connectivity index (χ4n) is 2.66. The van der Waals surface area contributed by atoms with Gasteiger partial charge in [0.1, 0.15) is 0 Å². The minimum Gasteiger partial charge on any atom is -0.0643 e. The topological polar surface area (TPSA) is 0 Å². The van der Waals surface area contributed by atoms with Gasteiger partial charge in [-0.2, -0.15) is 0 Å². The molecule has 1 aromatic carbocycles. The Bertz CT molecular complexity index is 335. The molecule has 96 valence electrons. The molecule has 0 radical (unpaired) electrons. The molecule has 0 amide bonds. The van der Waals surface area contributed by atoms with E-state index in [-0.39, 0.29) is 7.92 Å². The molecule has 0 saturated carbocycles. The van der Waals surface area contributed by atoms with Crippen LogP contribution in [0.5, 0.6) is 0 Å². The quantitative estimate of drug-likeness (QED) is 0.651. The van der Waals surface area contributed by atoms with Gasteiger partial charge in [0.2, 0.25) is 0 Å². The molecule has 0 fully saturated rings. The van der Waals surface area contributed by atoms with E-state index in [1.54, 1.807) is 0 Å². The van der Waals surface area contributed by atoms with E-state index in [0.717, 1.165) is 6.42 Å². The first kappa shape index (κ1) is 14.7. The highest BCUT2D eigenvalue weighted by Gasteiger charge is 2.35. The lowest BCUT2D eigenvalue weighted by molar-refractivity contribution is 0.715. The summed E-state index contributed by atoms with van der Waals surface area (Å²) < 4.78 is 0. The molecule has 0 nitrogen and oxygen atoms in total. The van der Waals surface area contributed by atoms with E-state index < -0.39 is 0 Å². The van der Waals surface area contributed by atoms with Crippen LogP contribution in [-0.4, -0.2) is 10.3 Å². The molecule has 0 N–H and O–H groups in total. The summed E-state index contributed by atoms with van der Waals surface area (Å²) in [5.74, 6) is 0. The molecule has 0 atom stereocenters. The monoisotopic (exact) mass is 250 g/mol. The lowest BCUT2D eigenvalue weighted by Gasteiger charge is -2.41. The Morgan fingerprint density at radius 1 is 0.824 bits per heavy atom. The Balaban J connectivity index is 3.14. The van der Waals surface area contributed by atoms with E-state index in [4.69, 9.17) is 0 Å². The van der Waals surface area contributed by atoms with Crippen molar-refractivity contribution in [1.82, 2.24) is 0 Å². The maximum atomic E-state index is 2.37. The first-order valence-electron chi connectivity index (χ1n) is 6.55. The fraction of sp³-hybridized carbons (Fsp3) is 0.625. The Kier molecular flexibility index (Phi) is 4.42. The highest BCUT2D eigenvalue weighted by atomic mass is 31.1. The van der Waals surface area contributed by atoms with E-state index in [0.29, 0.717) is 10.3 Å². The van der Waals surface area contributed by atoms with Gasteiger partial charge < -0.3 is 0 Å². The molecule has 0 heterocycles. The van der Waals surface area contributed by atoms with Crippen LogP contribution in [-0.2, 0) is 6.42 Å². The van der Waals surface area contributed by atoms with Gasteiger partial charge in [0, 0.05) is 0 Å². The van der Waals surface area contributed by atoms with Crippen molar-refractivity contribution in [2.45, 2.75) is 65.2 Å². The van der Waals surface area contributed by atoms with Gasteiger partial charge in [-0.15, -0.1) is 0 Å². The second-order valence-corrected chi connectivity index (χ2v) is 10.6. The largest absolute Gasteiger partial charge is 0.0643 e. The normalized spacial score (nSPS) is 13.2. The predicted octanol–water partition coefficient (Wildman–Crippen LogP) is 4.95. The summed E-state index contributed by atoms with van der Waals surface area (Å²) in [4.78, 5) is 0. The van der Waals surface area contributed by atoms with Gasteiger partial charge in [-0.3, -0.25) is 0 Å². The second-order valence-electron chi connectivity index (χ2n) is 6.70. The third kappa shape index (κ3) is 3.81. The van der Waals surface area contributed by atoms with Gasteiger partial charge in [0.25, 0.3) is 0 Å². The molecule has 0 spiro atoms. The summed E-state index contributed by atoms with van der Waals surface area (Å²) in [6, 6.07) is 9.28. The fourth-order valence-corrected chi connectivity index (χ4v) is 6.67. The van der Waals surface area contributed by atoms with E-state index in [1.165, 1.54) is 10.9 Å². The van der Waals surface area contributed by atoms with Crippen molar-refractivity contribution < 1.29 is 0 Å². The zero-order valence-corrected chi connectivity index (χ0v) is 13.4. The minimum absolute atomic E-state index is 0.155. The lowest BCUT2D eigenvalue weighted by Crippen LogP contribution is -2.31. The summed E-state index contributed by atoms with van der Waals surface area (Å²) in [5, 5.41) is 2.26. The van der Waals surface area contributed by atoms with E-state index in [1.807, 2.05) is 0 Å². The average molecular weight is 250 g/mol. The number of hydrogen-bond acceptors (Lipinski definition) is 0. The van der Waals surface area contributed by atoms with Crippen LogP contribution >= 0.6 is 7.92 Å². The molecular formula is C16H27P. The summed E-state index contributed by atoms with van der Waals surface area (Å²) >= 11 is 0. The van der Waals surface area contributed by atoms with Gasteiger partial charge >= 0.3 is 0 Å². The summed E-state index contributed by atoms with van der Waals surface area (Å²) in [6.07, 6.45) is 1.13. The van der Waals surface area contributed by atoms with Gasteiger partial charge in [0.05, 0.1) is 0 Å². The molecule has 1 heteroatoms. The third-order valence-corrected chi connectivity index (χ3v) is 6.44. The molecule has 0 bridgehead atoms. The van der Waals surface area contributed by atoms with Crippen LogP contribution < -0.4 is 5.30 Å². The van der Waals surface area contributed by atoms with Gasteiger partial charge in [-0.1, -0.05) is 80.7 Å². The average Bonchev–Trinajstić information content (AvgIpc) is 2.14. The molecule has 0 saturated heterocycles. The molecule has 1 rings (SSSR count). The Labute approximate surface area is 109 Å². The predicted molar refractivity (Wildman–Crippen MR) is 81.9 cm³/mol. The maximum absolute atomic E-state index is 2.37. The molecule has 17 heavy (non-hydrogen) atoms. The van der Waals surface area contributed by atoms with Crippen LogP contribution in [0.4, 0.5) is 0 Å². The third-order valence-electron chi connectivity index (χ3n) is 2.94. The van der Waals surface area contributed by atoms with Gasteiger partial charge in [0.15, 0.2) is 0 Å². The minimum atomic E-state index is -0.155. The highest BCUT2D eigenvalue weighted by Crippen LogP contribution is 2.58. The molecule has 0 unspecified atom stereocenters. The molecule has 0 aliphatic carbocycles. The number of hydrogen-bond donors (Lipinski definition) is 0. The van der Waals surface area contributed by atoms with Crippen LogP contribution in [0.1, 0.15) is 54.0 Å². The van der Waals surface area contributed by atoms with Gasteiger partial charge in [-0.05, 0) is 27.6 Å². The molecule has 0 aliphatic heterocycles. The van der Waals surface area contributed by atoms with Crippen molar-refractivity contribution >= 4 is 13.2 Å². The zero-order valence-electron chi connectivity index (χ0n) is 12.5. The SMILES string of the molecule is CCc1ccc(P(C(C)(C)C)C(C)(C)C)cc1. The standard InChI is InChI=1S/C16H27P/c1-8-13-9-11-14(12-10-13)17(15(2,3)4)16(5,6)7/h9-12H,8H2,1-7H3. The molecule has 1 aromatic rings. The molecule has 0 aliphatic rings. The van der Waals surface area contributed by atoms with Crippen LogP contribution in [0.3, 0.4) is 0 Å². The van der Waals surface area contributed by atoms with Crippen LogP contribution in [0.2, 0.25) is 0 Å². The van der Waals surface area contributed by atoms with Crippen LogP contribution in [0, 0.1) is 0 Å². The van der Waals surface area contributed by atoms with Crippen molar-refractivity contribution in [3.63, 3.8) is 0 Å². The first-order chi connectivity index (χ1) is 7.66. The molecule has 0 aromatic heterocycles. The maximum Gasteiger partial charge on any atom is -0.0134 e. The smallest absolute Gasteiger partial charge is 0.0134 e. The van der Waals surface area contributed by atoms with Crippen LogP contribution in [0.15, 0.2) is 24.3 Å². The van der Waals surface area contributed by atoms with Crippen molar-refractivity contribution in [3.05, 3.63) is 29.8 Å². The van der Waals surface area contributed by atoms with Gasteiger partial charge in [-0.25, -0.2) is 0 Å². The Hall–Kier alpha value is -0.350. The summed E-state index contributed by atoms with van der Waals surface area (Å²) in [7, 11) is -0.155. The summed E-state index contributed by atoms with van der Waals surface area (Å²) in [5.41, 5.74) is 1.44. The van der Waals surface area contributed by atoms with E-state index in [9.17, 15) is 0 Å². The van der Waals surface area contributed by atoms with E-state index in [2.05, 4.69) is 72.7 Å². The zero-order chi connectivity index (χ0) is 13.3. The summed E-state index contributed by atoms with van der Waals surface area (Å²) in [6.45, 7) is 16.4. The Morgan fingerprint density at radius 2 is 1.24 bits per heavy atom. The number of rotatable bonds is 2. The van der Waals surface area contributed by atoms with Crippen LogP contribution in [0.25, 0.3) is 0 Å². The second kappa shape index (κ2) is 5.11. The van der Waals surface area contributed by atoms with Crippen molar-refractivity contribution in [3.8, 4) is 0 Å². The first-order valence-corrected chi connectivity index (χ1v) is 7.89. The van der Waals surface area contributed by atoms with Crippen molar-refractivity contribution in [2.24, 2.45) is 0 Å². The molecular weight excluding hydrogens is 223 g/mol. The van der Waals surface area contributed by atoms with E-state index >= 15 is 0 Å². The Morgan fingerprint density at radius 3 is 1.53 bits per heavy atom. The van der Waals surface area contributed by atoms with Crippen molar-refractivity contribution in [2.75, 3.05) is 0 Å². The highest BCUT2D eigenvalue weighted by molar-refractivity contribution is 7.68. The van der Waals surface area contributed by atoms with Crippen molar-refractivity contribution in [1.29, 1.82) is 0 Å². The lowest BCUT2D eigenvalue weighted by atomic mass is 10.2.